The molecule has 1 aromatic rings. The molecule has 0 bridgehead atoms. The van der Waals surface area contributed by atoms with Crippen LogP contribution in [0, 0.1) is 0 Å². The van der Waals surface area contributed by atoms with Crippen molar-refractivity contribution in [1.82, 2.24) is 10.6 Å². The molecule has 0 radical (unpaired) electrons. The maximum absolute atomic E-state index is 11.8. The van der Waals surface area contributed by atoms with Gasteiger partial charge in [-0.1, -0.05) is 19.9 Å². The standard InChI is InChI=1S/C18H30N2O2S/c1-17(2,3)22-16(21)20-14-9-8-13(11-14)19-12-18(4,5)15-7-6-10-23-15/h6-7,10,13-14,19H,8-9,11-12H2,1-5H3,(H,20,21). The molecule has 23 heavy (non-hydrogen) atoms. The molecule has 5 heteroatoms. The second kappa shape index (κ2) is 7.22. The third-order valence-corrected chi connectivity index (χ3v) is 5.41. The zero-order chi connectivity index (χ0) is 17.1. The first-order chi connectivity index (χ1) is 10.7. The Balaban J connectivity index is 1.74. The first kappa shape index (κ1) is 18.3. The van der Waals surface area contributed by atoms with Gasteiger partial charge in [-0.25, -0.2) is 4.79 Å². The lowest BCUT2D eigenvalue weighted by atomic mass is 9.91. The van der Waals surface area contributed by atoms with Gasteiger partial charge >= 0.3 is 6.09 Å². The Hall–Kier alpha value is -1.07. The number of thiophene rings is 1. The van der Waals surface area contributed by atoms with E-state index in [4.69, 9.17) is 4.74 Å². The van der Waals surface area contributed by atoms with Crippen LogP contribution in [-0.2, 0) is 10.2 Å². The lowest BCUT2D eigenvalue weighted by Crippen LogP contribution is -2.40. The highest BCUT2D eigenvalue weighted by molar-refractivity contribution is 7.10. The second-order valence-electron chi connectivity index (χ2n) is 8.10. The van der Waals surface area contributed by atoms with Crippen LogP contribution in [0.3, 0.4) is 0 Å². The van der Waals surface area contributed by atoms with Crippen molar-refractivity contribution in [2.75, 3.05) is 6.54 Å². The van der Waals surface area contributed by atoms with Crippen LogP contribution in [0.15, 0.2) is 17.5 Å². The van der Waals surface area contributed by atoms with Crippen molar-refractivity contribution in [3.8, 4) is 0 Å². The highest BCUT2D eigenvalue weighted by Gasteiger charge is 2.29. The van der Waals surface area contributed by atoms with Gasteiger partial charge in [0.1, 0.15) is 5.60 Å². The molecule has 1 fully saturated rings. The molecule has 2 N–H and O–H groups in total. The van der Waals surface area contributed by atoms with Crippen molar-refractivity contribution in [3.63, 3.8) is 0 Å². The summed E-state index contributed by atoms with van der Waals surface area (Å²) in [7, 11) is 0. The zero-order valence-electron chi connectivity index (χ0n) is 14.9. The minimum Gasteiger partial charge on any atom is -0.444 e. The van der Waals surface area contributed by atoms with E-state index in [1.807, 2.05) is 32.1 Å². The molecule has 2 rings (SSSR count). The van der Waals surface area contributed by atoms with E-state index in [0.717, 1.165) is 25.8 Å². The average molecular weight is 339 g/mol. The Labute approximate surface area is 144 Å². The fourth-order valence-electron chi connectivity index (χ4n) is 2.92. The molecule has 0 spiro atoms. The summed E-state index contributed by atoms with van der Waals surface area (Å²) in [6.07, 6.45) is 2.78. The lowest BCUT2D eigenvalue weighted by Gasteiger charge is -2.26. The molecule has 0 aromatic carbocycles. The van der Waals surface area contributed by atoms with Gasteiger partial charge in [0, 0.05) is 28.9 Å². The van der Waals surface area contributed by atoms with E-state index < -0.39 is 5.60 Å². The van der Waals surface area contributed by atoms with Crippen molar-refractivity contribution < 1.29 is 9.53 Å². The number of nitrogens with one attached hydrogen (secondary N) is 2. The van der Waals surface area contributed by atoms with Gasteiger partial charge in [0.15, 0.2) is 0 Å². The molecule has 130 valence electrons. The smallest absolute Gasteiger partial charge is 0.407 e. The maximum Gasteiger partial charge on any atom is 0.407 e. The van der Waals surface area contributed by atoms with Crippen LogP contribution in [0.1, 0.15) is 58.8 Å². The van der Waals surface area contributed by atoms with Gasteiger partial charge < -0.3 is 15.4 Å². The molecule has 1 aliphatic carbocycles. The fourth-order valence-corrected chi connectivity index (χ4v) is 3.77. The van der Waals surface area contributed by atoms with E-state index in [0.29, 0.717) is 6.04 Å². The first-order valence-electron chi connectivity index (χ1n) is 8.42. The summed E-state index contributed by atoms with van der Waals surface area (Å²) in [5.41, 5.74) is -0.296. The molecular formula is C18H30N2O2S. The van der Waals surface area contributed by atoms with Gasteiger partial charge in [0.25, 0.3) is 0 Å². The van der Waals surface area contributed by atoms with Gasteiger partial charge in [0.05, 0.1) is 0 Å². The molecule has 2 atom stereocenters. The summed E-state index contributed by atoms with van der Waals surface area (Å²) >= 11 is 1.81. The van der Waals surface area contributed by atoms with Crippen LogP contribution in [0.25, 0.3) is 0 Å². The number of alkyl carbamates (subject to hydrolysis) is 1. The summed E-state index contributed by atoms with van der Waals surface area (Å²) < 4.78 is 5.33. The van der Waals surface area contributed by atoms with Crippen LogP contribution in [0.2, 0.25) is 0 Å². The van der Waals surface area contributed by atoms with Gasteiger partial charge in [0.2, 0.25) is 0 Å². The van der Waals surface area contributed by atoms with Gasteiger partial charge in [-0.3, -0.25) is 0 Å². The Morgan fingerprint density at radius 2 is 1.96 bits per heavy atom. The van der Waals surface area contributed by atoms with E-state index >= 15 is 0 Å². The summed E-state index contributed by atoms with van der Waals surface area (Å²) in [6.45, 7) is 11.2. The van der Waals surface area contributed by atoms with E-state index in [1.54, 1.807) is 0 Å². The van der Waals surface area contributed by atoms with Crippen LogP contribution in [0.5, 0.6) is 0 Å². The molecule has 4 nitrogen and oxygen atoms in total. The average Bonchev–Trinajstić information content (AvgIpc) is 3.05. The molecule has 2 unspecified atom stereocenters. The van der Waals surface area contributed by atoms with E-state index in [1.165, 1.54) is 4.88 Å². The zero-order valence-corrected chi connectivity index (χ0v) is 15.8. The van der Waals surface area contributed by atoms with Gasteiger partial charge in [-0.15, -0.1) is 11.3 Å². The van der Waals surface area contributed by atoms with Crippen LogP contribution in [-0.4, -0.2) is 30.3 Å². The molecule has 0 saturated heterocycles. The highest BCUT2D eigenvalue weighted by atomic mass is 32.1. The Kier molecular flexibility index (Phi) is 5.74. The second-order valence-corrected chi connectivity index (χ2v) is 9.04. The predicted molar refractivity (Wildman–Crippen MR) is 96.1 cm³/mol. The highest BCUT2D eigenvalue weighted by Crippen LogP contribution is 2.28. The molecule has 1 aromatic heterocycles. The van der Waals surface area contributed by atoms with Gasteiger partial charge in [-0.05, 0) is 51.5 Å². The van der Waals surface area contributed by atoms with Crippen molar-refractivity contribution in [2.24, 2.45) is 0 Å². The predicted octanol–water partition coefficient (Wildman–Crippen LogP) is 4.06. The number of carbonyl (C=O) groups excluding carboxylic acids is 1. The van der Waals surface area contributed by atoms with Crippen molar-refractivity contribution in [2.45, 2.75) is 77.0 Å². The maximum atomic E-state index is 11.8. The number of carbonyl (C=O) groups is 1. The molecule has 1 aliphatic rings. The molecule has 1 heterocycles. The van der Waals surface area contributed by atoms with Crippen molar-refractivity contribution >= 4 is 17.4 Å². The Bertz CT molecular complexity index is 506. The summed E-state index contributed by atoms with van der Waals surface area (Å²) in [4.78, 5) is 13.3. The third-order valence-electron chi connectivity index (χ3n) is 4.17. The van der Waals surface area contributed by atoms with Crippen molar-refractivity contribution in [1.29, 1.82) is 0 Å². The van der Waals surface area contributed by atoms with Gasteiger partial charge in [-0.2, -0.15) is 0 Å². The van der Waals surface area contributed by atoms with Crippen LogP contribution < -0.4 is 10.6 Å². The Morgan fingerprint density at radius 1 is 1.26 bits per heavy atom. The lowest BCUT2D eigenvalue weighted by molar-refractivity contribution is 0.0505. The van der Waals surface area contributed by atoms with E-state index in [9.17, 15) is 4.79 Å². The largest absolute Gasteiger partial charge is 0.444 e. The summed E-state index contributed by atoms with van der Waals surface area (Å²) in [5.74, 6) is 0. The molecule has 1 amide bonds. The minimum absolute atomic E-state index is 0.144. The monoisotopic (exact) mass is 338 g/mol. The summed E-state index contributed by atoms with van der Waals surface area (Å²) in [6, 6.07) is 4.99. The van der Waals surface area contributed by atoms with Crippen LogP contribution in [0.4, 0.5) is 4.79 Å². The minimum atomic E-state index is -0.439. The molecular weight excluding hydrogens is 308 g/mol. The quantitative estimate of drug-likeness (QED) is 0.851. The topological polar surface area (TPSA) is 50.4 Å². The van der Waals surface area contributed by atoms with E-state index in [-0.39, 0.29) is 17.6 Å². The summed E-state index contributed by atoms with van der Waals surface area (Å²) in [5, 5.41) is 8.80. The first-order valence-corrected chi connectivity index (χ1v) is 9.30. The number of hydrogen-bond acceptors (Lipinski definition) is 4. The number of ether oxygens (including phenoxy) is 1. The number of amides is 1. The fraction of sp³-hybridized carbons (Fsp3) is 0.722. The Morgan fingerprint density at radius 3 is 2.57 bits per heavy atom. The molecule has 0 aliphatic heterocycles. The number of rotatable bonds is 5. The SMILES string of the molecule is CC(C)(C)OC(=O)NC1CCC(NCC(C)(C)c2cccs2)C1. The molecule has 1 saturated carbocycles. The normalized spacial score (nSPS) is 22.1. The van der Waals surface area contributed by atoms with Crippen molar-refractivity contribution in [3.05, 3.63) is 22.4 Å². The van der Waals surface area contributed by atoms with E-state index in [2.05, 4.69) is 42.0 Å². The number of hydrogen-bond donors (Lipinski definition) is 2. The third kappa shape index (κ3) is 5.81. The van der Waals surface area contributed by atoms with Crippen LogP contribution >= 0.6 is 11.3 Å².